The number of hydrogen-bond acceptors (Lipinski definition) is 5. The fourth-order valence-corrected chi connectivity index (χ4v) is 3.63. The maximum atomic E-state index is 12.9. The van der Waals surface area contributed by atoms with Gasteiger partial charge in [-0.05, 0) is 60.4 Å². The minimum atomic E-state index is -0.835. The molecule has 34 heavy (non-hydrogen) atoms. The molecule has 0 aliphatic carbocycles. The van der Waals surface area contributed by atoms with Gasteiger partial charge in [-0.15, -0.1) is 0 Å². The number of carboxylic acid groups (broad SMARTS) is 1. The third-order valence-corrected chi connectivity index (χ3v) is 5.45. The first-order chi connectivity index (χ1) is 16.4. The summed E-state index contributed by atoms with van der Waals surface area (Å²) >= 11 is 0. The van der Waals surface area contributed by atoms with Crippen LogP contribution in [0.4, 0.5) is 0 Å². The smallest absolute Gasteiger partial charge is 0.306 e. The molecule has 1 unspecified atom stereocenters. The molecule has 178 valence electrons. The molecule has 1 atom stereocenters. The number of para-hydroxylation sites is 2. The second kappa shape index (κ2) is 11.7. The Morgan fingerprint density at radius 2 is 1.68 bits per heavy atom. The molecule has 7 heteroatoms. The molecule has 3 aromatic rings. The number of carbonyl (C=O) groups is 2. The van der Waals surface area contributed by atoms with E-state index in [1.807, 2.05) is 19.1 Å². The molecule has 0 saturated carbocycles. The van der Waals surface area contributed by atoms with Gasteiger partial charge in [0.05, 0.1) is 18.6 Å². The molecule has 7 nitrogen and oxygen atoms in total. The number of aliphatic carboxylic acids is 1. The van der Waals surface area contributed by atoms with Crippen LogP contribution in [0, 0.1) is 5.92 Å². The van der Waals surface area contributed by atoms with Gasteiger partial charge in [0, 0.05) is 6.54 Å². The van der Waals surface area contributed by atoms with Crippen molar-refractivity contribution in [3.05, 3.63) is 83.4 Å². The van der Waals surface area contributed by atoms with Gasteiger partial charge >= 0.3 is 5.97 Å². The molecular formula is C27H29NO6. The molecular weight excluding hydrogens is 434 g/mol. The number of rotatable bonds is 11. The zero-order valence-corrected chi connectivity index (χ0v) is 19.3. The average molecular weight is 464 g/mol. The number of phenolic OH excluding ortho intramolecular Hbond substituents is 1. The fourth-order valence-electron chi connectivity index (χ4n) is 3.63. The zero-order chi connectivity index (χ0) is 24.5. The predicted octanol–water partition coefficient (Wildman–Crippen LogP) is 5.17. The van der Waals surface area contributed by atoms with Crippen LogP contribution in [-0.4, -0.2) is 29.2 Å². The molecule has 0 fully saturated rings. The number of phenols is 1. The molecule has 0 radical (unpaired) electrons. The summed E-state index contributed by atoms with van der Waals surface area (Å²) in [5, 5.41) is 22.2. The molecule has 0 heterocycles. The lowest BCUT2D eigenvalue weighted by Gasteiger charge is -2.14. The Morgan fingerprint density at radius 3 is 2.32 bits per heavy atom. The molecule has 1 amide bonds. The van der Waals surface area contributed by atoms with E-state index in [1.54, 1.807) is 54.6 Å². The van der Waals surface area contributed by atoms with Gasteiger partial charge in [0.25, 0.3) is 5.91 Å². The normalized spacial score (nSPS) is 11.5. The van der Waals surface area contributed by atoms with E-state index in [4.69, 9.17) is 9.47 Å². The largest absolute Gasteiger partial charge is 0.504 e. The lowest BCUT2D eigenvalue weighted by Crippen LogP contribution is -2.24. The quantitative estimate of drug-likeness (QED) is 0.362. The highest BCUT2D eigenvalue weighted by Crippen LogP contribution is 2.30. The predicted molar refractivity (Wildman–Crippen MR) is 129 cm³/mol. The van der Waals surface area contributed by atoms with E-state index >= 15 is 0 Å². The molecule has 0 saturated heterocycles. The SMILES string of the molecule is CCCC(Cc1ccc(OC)c(C(=O)NCc2ccc(Oc3ccccc3O)cc2)c1)C(=O)O. The van der Waals surface area contributed by atoms with Crippen LogP contribution in [0.25, 0.3) is 0 Å². The Kier molecular flexibility index (Phi) is 8.51. The average Bonchev–Trinajstić information content (AvgIpc) is 2.84. The summed E-state index contributed by atoms with van der Waals surface area (Å²) in [6, 6.07) is 19.1. The molecule has 0 aliphatic rings. The van der Waals surface area contributed by atoms with E-state index in [2.05, 4.69) is 5.32 Å². The van der Waals surface area contributed by atoms with E-state index in [0.29, 0.717) is 35.7 Å². The lowest BCUT2D eigenvalue weighted by atomic mass is 9.94. The van der Waals surface area contributed by atoms with Crippen molar-refractivity contribution in [1.29, 1.82) is 0 Å². The molecule has 0 aliphatic heterocycles. The Hall–Kier alpha value is -4.00. The number of nitrogens with one attached hydrogen (secondary N) is 1. The first-order valence-electron chi connectivity index (χ1n) is 11.1. The molecule has 3 aromatic carbocycles. The highest BCUT2D eigenvalue weighted by molar-refractivity contribution is 5.97. The summed E-state index contributed by atoms with van der Waals surface area (Å²) in [6.45, 7) is 2.24. The van der Waals surface area contributed by atoms with Crippen molar-refractivity contribution >= 4 is 11.9 Å². The molecule has 0 bridgehead atoms. The van der Waals surface area contributed by atoms with Gasteiger partial charge in [0.1, 0.15) is 11.5 Å². The fraction of sp³-hybridized carbons (Fsp3) is 0.259. The first kappa shape index (κ1) is 24.6. The third-order valence-electron chi connectivity index (χ3n) is 5.45. The number of amides is 1. The van der Waals surface area contributed by atoms with Crippen molar-refractivity contribution < 1.29 is 29.3 Å². The number of ether oxygens (including phenoxy) is 2. The van der Waals surface area contributed by atoms with E-state index in [0.717, 1.165) is 17.5 Å². The second-order valence-electron chi connectivity index (χ2n) is 7.96. The van der Waals surface area contributed by atoms with Gasteiger partial charge in [-0.3, -0.25) is 9.59 Å². The molecule has 0 aromatic heterocycles. The Morgan fingerprint density at radius 1 is 0.971 bits per heavy atom. The Labute approximate surface area is 199 Å². The Balaban J connectivity index is 1.65. The van der Waals surface area contributed by atoms with Crippen molar-refractivity contribution in [2.24, 2.45) is 5.92 Å². The van der Waals surface area contributed by atoms with Crippen molar-refractivity contribution in [2.75, 3.05) is 7.11 Å². The number of hydrogen-bond donors (Lipinski definition) is 3. The van der Waals surface area contributed by atoms with Crippen molar-refractivity contribution in [3.8, 4) is 23.0 Å². The van der Waals surface area contributed by atoms with Crippen molar-refractivity contribution in [1.82, 2.24) is 5.32 Å². The number of aromatic hydroxyl groups is 1. The Bertz CT molecular complexity index is 1130. The van der Waals surface area contributed by atoms with Crippen LogP contribution in [-0.2, 0) is 17.8 Å². The van der Waals surface area contributed by atoms with Crippen molar-refractivity contribution in [3.63, 3.8) is 0 Å². The topological polar surface area (TPSA) is 105 Å². The molecule has 0 spiro atoms. The summed E-state index contributed by atoms with van der Waals surface area (Å²) in [5.74, 6) is -0.234. The summed E-state index contributed by atoms with van der Waals surface area (Å²) < 4.78 is 11.0. The summed E-state index contributed by atoms with van der Waals surface area (Å²) in [7, 11) is 1.49. The van der Waals surface area contributed by atoms with E-state index < -0.39 is 11.9 Å². The minimum absolute atomic E-state index is 0.0550. The van der Waals surface area contributed by atoms with Crippen LogP contribution < -0.4 is 14.8 Å². The van der Waals surface area contributed by atoms with Crippen LogP contribution >= 0.6 is 0 Å². The second-order valence-corrected chi connectivity index (χ2v) is 7.96. The summed E-state index contributed by atoms with van der Waals surface area (Å²) in [4.78, 5) is 24.4. The van der Waals surface area contributed by atoms with Gasteiger partial charge in [-0.25, -0.2) is 0 Å². The van der Waals surface area contributed by atoms with Crippen LogP contribution in [0.5, 0.6) is 23.0 Å². The zero-order valence-electron chi connectivity index (χ0n) is 19.3. The van der Waals surface area contributed by atoms with Gasteiger partial charge in [-0.1, -0.05) is 43.7 Å². The molecule has 3 N–H and O–H groups in total. The highest BCUT2D eigenvalue weighted by atomic mass is 16.5. The van der Waals surface area contributed by atoms with E-state index in [1.165, 1.54) is 7.11 Å². The minimum Gasteiger partial charge on any atom is -0.504 e. The van der Waals surface area contributed by atoms with Gasteiger partial charge < -0.3 is 25.0 Å². The number of carboxylic acids is 1. The van der Waals surface area contributed by atoms with E-state index in [9.17, 15) is 19.8 Å². The molecule has 3 rings (SSSR count). The maximum Gasteiger partial charge on any atom is 0.306 e. The number of carbonyl (C=O) groups excluding carboxylic acids is 1. The van der Waals surface area contributed by atoms with E-state index in [-0.39, 0.29) is 18.2 Å². The monoisotopic (exact) mass is 463 g/mol. The summed E-state index contributed by atoms with van der Waals surface area (Å²) in [5.41, 5.74) is 2.00. The standard InChI is InChI=1S/C27H29NO6/c1-3-6-20(27(31)32)15-19-11-14-24(33-2)22(16-19)26(30)28-17-18-9-12-21(13-10-18)34-25-8-5-4-7-23(25)29/h4-5,7-14,16,20,29H,3,6,15,17H2,1-2H3,(H,28,30)(H,31,32). The van der Waals surface area contributed by atoms with Crippen molar-refractivity contribution in [2.45, 2.75) is 32.7 Å². The maximum absolute atomic E-state index is 12.9. The number of benzene rings is 3. The van der Waals surface area contributed by atoms with Crippen LogP contribution in [0.2, 0.25) is 0 Å². The highest BCUT2D eigenvalue weighted by Gasteiger charge is 2.19. The van der Waals surface area contributed by atoms with Crippen LogP contribution in [0.3, 0.4) is 0 Å². The number of methoxy groups -OCH3 is 1. The van der Waals surface area contributed by atoms with Gasteiger partial charge in [-0.2, -0.15) is 0 Å². The van der Waals surface area contributed by atoms with Crippen LogP contribution in [0.15, 0.2) is 66.7 Å². The first-order valence-corrected chi connectivity index (χ1v) is 11.1. The third kappa shape index (κ3) is 6.51. The lowest BCUT2D eigenvalue weighted by molar-refractivity contribution is -0.141. The summed E-state index contributed by atoms with van der Waals surface area (Å²) in [6.07, 6.45) is 1.70. The van der Waals surface area contributed by atoms with Crippen LogP contribution in [0.1, 0.15) is 41.3 Å². The van der Waals surface area contributed by atoms with Gasteiger partial charge in [0.2, 0.25) is 0 Å². The van der Waals surface area contributed by atoms with Gasteiger partial charge in [0.15, 0.2) is 11.5 Å².